The van der Waals surface area contributed by atoms with Crippen molar-refractivity contribution in [1.82, 2.24) is 4.57 Å². The average Bonchev–Trinajstić information content (AvgIpc) is 3.53. The topological polar surface area (TPSA) is 8.17 Å². The van der Waals surface area contributed by atoms with Gasteiger partial charge in [0.2, 0.25) is 0 Å². The van der Waals surface area contributed by atoms with Crippen LogP contribution in [0.3, 0.4) is 0 Å². The molecule has 0 amide bonds. The standard InChI is InChI=1S/C36H23ClN2S/c37-24-21-33(36-30-16-8-10-18-34(30)40-35(36)22-24)38(25-11-3-1-4-12-25)27-19-20-29-28-15-7-9-17-31(28)39(32(29)23-27)26-13-5-2-6-14-26/h1-23H. The molecule has 0 saturated carbocycles. The number of thiophene rings is 1. The Balaban J connectivity index is 1.46. The summed E-state index contributed by atoms with van der Waals surface area (Å²) in [6, 6.07) is 49.4. The van der Waals surface area contributed by atoms with E-state index in [-0.39, 0.29) is 0 Å². The highest BCUT2D eigenvalue weighted by Gasteiger charge is 2.21. The number of hydrogen-bond donors (Lipinski definition) is 0. The molecule has 0 aliphatic carbocycles. The molecule has 2 nitrogen and oxygen atoms in total. The maximum atomic E-state index is 6.80. The first kappa shape index (κ1) is 23.3. The van der Waals surface area contributed by atoms with Crippen molar-refractivity contribution in [1.29, 1.82) is 0 Å². The second-order valence-electron chi connectivity index (χ2n) is 9.96. The quantitative estimate of drug-likeness (QED) is 0.211. The Labute approximate surface area is 240 Å². The van der Waals surface area contributed by atoms with Gasteiger partial charge in [-0.1, -0.05) is 90.5 Å². The maximum absolute atomic E-state index is 6.80. The number of anilines is 3. The zero-order chi connectivity index (χ0) is 26.6. The molecule has 2 heterocycles. The van der Waals surface area contributed by atoms with E-state index in [0.717, 1.165) is 27.8 Å². The predicted octanol–water partition coefficient (Wildman–Crippen LogP) is 11.3. The molecule has 0 unspecified atom stereocenters. The molecule has 0 spiro atoms. The van der Waals surface area contributed by atoms with Gasteiger partial charge in [-0.2, -0.15) is 0 Å². The third-order valence-corrected chi connectivity index (χ3v) is 8.94. The molecule has 0 bridgehead atoms. The van der Waals surface area contributed by atoms with Gasteiger partial charge in [-0.25, -0.2) is 0 Å². The normalized spacial score (nSPS) is 11.6. The van der Waals surface area contributed by atoms with Crippen LogP contribution in [0.1, 0.15) is 0 Å². The van der Waals surface area contributed by atoms with Crippen molar-refractivity contribution in [2.24, 2.45) is 0 Å². The summed E-state index contributed by atoms with van der Waals surface area (Å²) in [5, 5.41) is 5.67. The van der Waals surface area contributed by atoms with Gasteiger partial charge in [-0.15, -0.1) is 11.3 Å². The molecule has 0 aliphatic heterocycles. The fourth-order valence-electron chi connectivity index (χ4n) is 5.93. The van der Waals surface area contributed by atoms with Crippen LogP contribution in [0.5, 0.6) is 0 Å². The lowest BCUT2D eigenvalue weighted by atomic mass is 10.1. The summed E-state index contributed by atoms with van der Waals surface area (Å²) in [4.78, 5) is 2.35. The van der Waals surface area contributed by atoms with Crippen molar-refractivity contribution in [2.45, 2.75) is 0 Å². The van der Waals surface area contributed by atoms with Crippen molar-refractivity contribution in [3.8, 4) is 5.69 Å². The number of para-hydroxylation sites is 3. The average molecular weight is 551 g/mol. The molecule has 0 fully saturated rings. The summed E-state index contributed by atoms with van der Waals surface area (Å²) in [6.07, 6.45) is 0. The molecule has 2 aromatic heterocycles. The largest absolute Gasteiger partial charge is 0.310 e. The van der Waals surface area contributed by atoms with Gasteiger partial charge in [-0.05, 0) is 60.7 Å². The van der Waals surface area contributed by atoms with Crippen LogP contribution in [-0.2, 0) is 0 Å². The maximum Gasteiger partial charge on any atom is 0.0569 e. The third-order valence-electron chi connectivity index (χ3n) is 7.61. The molecule has 4 heteroatoms. The van der Waals surface area contributed by atoms with Gasteiger partial charge < -0.3 is 9.47 Å². The number of nitrogens with zero attached hydrogens (tertiary/aromatic N) is 2. The monoisotopic (exact) mass is 550 g/mol. The van der Waals surface area contributed by atoms with Crippen LogP contribution >= 0.6 is 22.9 Å². The Bertz CT molecular complexity index is 2180. The van der Waals surface area contributed by atoms with E-state index >= 15 is 0 Å². The third kappa shape index (κ3) is 3.63. The zero-order valence-corrected chi connectivity index (χ0v) is 23.0. The Hall–Kier alpha value is -4.57. The molecular weight excluding hydrogens is 528 g/mol. The second-order valence-corrected chi connectivity index (χ2v) is 11.5. The lowest BCUT2D eigenvalue weighted by Crippen LogP contribution is -2.10. The number of halogens is 1. The molecule has 0 radical (unpaired) electrons. The van der Waals surface area contributed by atoms with Gasteiger partial charge in [-0.3, -0.25) is 0 Å². The van der Waals surface area contributed by atoms with Crippen molar-refractivity contribution in [3.05, 3.63) is 145 Å². The molecule has 6 aromatic carbocycles. The summed E-state index contributed by atoms with van der Waals surface area (Å²) in [5.74, 6) is 0. The lowest BCUT2D eigenvalue weighted by Gasteiger charge is -2.27. The fourth-order valence-corrected chi connectivity index (χ4v) is 7.38. The first-order chi connectivity index (χ1) is 19.8. The summed E-state index contributed by atoms with van der Waals surface area (Å²) >= 11 is 8.59. The van der Waals surface area contributed by atoms with Crippen molar-refractivity contribution >= 4 is 82.0 Å². The number of hydrogen-bond acceptors (Lipinski definition) is 2. The molecule has 190 valence electrons. The Morgan fingerprint density at radius 2 is 1.20 bits per heavy atom. The Kier molecular flexibility index (Phi) is 5.41. The summed E-state index contributed by atoms with van der Waals surface area (Å²) in [7, 11) is 0. The number of aromatic nitrogens is 1. The van der Waals surface area contributed by atoms with Crippen LogP contribution in [0.2, 0.25) is 5.02 Å². The van der Waals surface area contributed by atoms with Gasteiger partial charge in [0, 0.05) is 53.0 Å². The summed E-state index contributed by atoms with van der Waals surface area (Å²) < 4.78 is 4.81. The highest BCUT2D eigenvalue weighted by Crippen LogP contribution is 2.47. The van der Waals surface area contributed by atoms with E-state index in [4.69, 9.17) is 11.6 Å². The van der Waals surface area contributed by atoms with Gasteiger partial charge in [0.1, 0.15) is 0 Å². The van der Waals surface area contributed by atoms with Crippen LogP contribution in [0.4, 0.5) is 17.1 Å². The van der Waals surface area contributed by atoms with Gasteiger partial charge in [0.25, 0.3) is 0 Å². The van der Waals surface area contributed by atoms with E-state index in [9.17, 15) is 0 Å². The summed E-state index contributed by atoms with van der Waals surface area (Å²) in [5.41, 5.74) is 6.75. The molecule has 8 aromatic rings. The van der Waals surface area contributed by atoms with E-state index in [0.29, 0.717) is 0 Å². The van der Waals surface area contributed by atoms with Crippen molar-refractivity contribution in [3.63, 3.8) is 0 Å². The Morgan fingerprint density at radius 1 is 0.525 bits per heavy atom. The van der Waals surface area contributed by atoms with Gasteiger partial charge in [0.15, 0.2) is 0 Å². The molecular formula is C36H23ClN2S. The second kappa shape index (κ2) is 9.27. The lowest BCUT2D eigenvalue weighted by molar-refractivity contribution is 1.18. The highest BCUT2D eigenvalue weighted by molar-refractivity contribution is 7.26. The molecule has 0 aliphatic rings. The first-order valence-corrected chi connectivity index (χ1v) is 14.5. The van der Waals surface area contributed by atoms with Gasteiger partial charge in [0.05, 0.1) is 16.7 Å². The smallest absolute Gasteiger partial charge is 0.0569 e. The van der Waals surface area contributed by atoms with Crippen LogP contribution in [-0.4, -0.2) is 4.57 Å². The summed E-state index contributed by atoms with van der Waals surface area (Å²) in [6.45, 7) is 0. The molecule has 40 heavy (non-hydrogen) atoms. The number of fused-ring (bicyclic) bond motifs is 6. The molecule has 0 N–H and O–H groups in total. The zero-order valence-electron chi connectivity index (χ0n) is 21.5. The fraction of sp³-hybridized carbons (Fsp3) is 0. The highest BCUT2D eigenvalue weighted by atomic mass is 35.5. The van der Waals surface area contributed by atoms with E-state index < -0.39 is 0 Å². The SMILES string of the molecule is Clc1cc(N(c2ccccc2)c2ccc3c4ccccc4n(-c4ccccc4)c3c2)c2c(c1)sc1ccccc12. The minimum Gasteiger partial charge on any atom is -0.310 e. The van der Waals surface area contributed by atoms with Crippen LogP contribution in [0.25, 0.3) is 47.7 Å². The molecule has 8 rings (SSSR count). The van der Waals surface area contributed by atoms with E-state index in [1.807, 2.05) is 0 Å². The predicted molar refractivity (Wildman–Crippen MR) is 173 cm³/mol. The minimum atomic E-state index is 0.731. The van der Waals surface area contributed by atoms with Crippen LogP contribution < -0.4 is 4.90 Å². The van der Waals surface area contributed by atoms with Crippen LogP contribution in [0.15, 0.2) is 140 Å². The number of benzene rings is 6. The van der Waals surface area contributed by atoms with E-state index in [2.05, 4.69) is 149 Å². The Morgan fingerprint density at radius 3 is 2.02 bits per heavy atom. The van der Waals surface area contributed by atoms with Crippen LogP contribution in [0, 0.1) is 0 Å². The van der Waals surface area contributed by atoms with Crippen molar-refractivity contribution < 1.29 is 0 Å². The molecule has 0 saturated heterocycles. The van der Waals surface area contributed by atoms with E-state index in [1.54, 1.807) is 11.3 Å². The van der Waals surface area contributed by atoms with Crippen molar-refractivity contribution in [2.75, 3.05) is 4.90 Å². The minimum absolute atomic E-state index is 0.731. The first-order valence-electron chi connectivity index (χ1n) is 13.3. The van der Waals surface area contributed by atoms with Gasteiger partial charge >= 0.3 is 0 Å². The molecule has 0 atom stereocenters. The van der Waals surface area contributed by atoms with E-state index in [1.165, 1.54) is 42.0 Å². The number of rotatable bonds is 4.